The highest BCUT2D eigenvalue weighted by Crippen LogP contribution is 2.43. The molecule has 1 heterocycles. The number of carbonyl (C=O) groups excluding carboxylic acids is 2. The van der Waals surface area contributed by atoms with E-state index in [-0.39, 0.29) is 18.9 Å². The Labute approximate surface area is 217 Å². The van der Waals surface area contributed by atoms with Gasteiger partial charge in [-0.1, -0.05) is 42.0 Å². The number of hydrogen-bond acceptors (Lipinski definition) is 6. The number of carboxylic acid groups (broad SMARTS) is 1. The lowest BCUT2D eigenvalue weighted by atomic mass is 9.94. The van der Waals surface area contributed by atoms with E-state index < -0.39 is 11.9 Å². The Morgan fingerprint density at radius 2 is 1.86 bits per heavy atom. The number of nitrogens with one attached hydrogen (secondary N) is 1. The first-order valence-corrected chi connectivity index (χ1v) is 12.5. The van der Waals surface area contributed by atoms with Crippen molar-refractivity contribution in [2.24, 2.45) is 0 Å². The van der Waals surface area contributed by atoms with Gasteiger partial charge in [0.15, 0.2) is 0 Å². The summed E-state index contributed by atoms with van der Waals surface area (Å²) in [6.45, 7) is 4.76. The van der Waals surface area contributed by atoms with Crippen molar-refractivity contribution in [1.29, 1.82) is 0 Å². The summed E-state index contributed by atoms with van der Waals surface area (Å²) in [4.78, 5) is 35.7. The average molecular weight is 510 g/mol. The molecule has 1 aliphatic rings. The minimum absolute atomic E-state index is 0.0204. The molecule has 1 aliphatic heterocycles. The number of carboxylic acids is 1. The lowest BCUT2D eigenvalue weighted by Gasteiger charge is -2.19. The smallest absolute Gasteiger partial charge is 0.342 e. The molecule has 37 heavy (non-hydrogen) atoms. The zero-order valence-corrected chi connectivity index (χ0v) is 21.7. The van der Waals surface area contributed by atoms with E-state index in [0.717, 1.165) is 27.8 Å². The second-order valence-corrected chi connectivity index (χ2v) is 9.11. The molecule has 0 saturated carbocycles. The largest absolute Gasteiger partial charge is 0.496 e. The van der Waals surface area contributed by atoms with Gasteiger partial charge < -0.3 is 24.6 Å². The van der Waals surface area contributed by atoms with Crippen LogP contribution in [-0.2, 0) is 33.9 Å². The van der Waals surface area contributed by atoms with E-state index in [1.807, 2.05) is 50.3 Å². The van der Waals surface area contributed by atoms with Crippen molar-refractivity contribution in [3.05, 3.63) is 69.8 Å². The summed E-state index contributed by atoms with van der Waals surface area (Å²) in [6.07, 6.45) is 4.50. The fraction of sp³-hybridized carbons (Fsp3) is 0.414. The maximum atomic E-state index is 12.6. The van der Waals surface area contributed by atoms with Crippen LogP contribution in [0.3, 0.4) is 0 Å². The maximum absolute atomic E-state index is 12.6. The summed E-state index contributed by atoms with van der Waals surface area (Å²) >= 11 is 0. The summed E-state index contributed by atoms with van der Waals surface area (Å²) in [5.74, 6) is -0.221. The van der Waals surface area contributed by atoms with Crippen LogP contribution >= 0.6 is 0 Å². The number of esters is 1. The minimum atomic E-state index is -0.848. The third kappa shape index (κ3) is 7.59. The molecule has 0 radical (unpaired) electrons. The number of rotatable bonds is 14. The van der Waals surface area contributed by atoms with Gasteiger partial charge in [-0.3, -0.25) is 9.59 Å². The zero-order valence-electron chi connectivity index (χ0n) is 21.7. The van der Waals surface area contributed by atoms with E-state index in [4.69, 9.17) is 19.3 Å². The van der Waals surface area contributed by atoms with Crippen molar-refractivity contribution in [3.8, 4) is 11.5 Å². The molecular formula is C29H35NO7. The number of fused-ring (bicyclic) bond motifs is 1. The van der Waals surface area contributed by atoms with Gasteiger partial charge in [-0.2, -0.15) is 0 Å². The summed E-state index contributed by atoms with van der Waals surface area (Å²) in [5.41, 5.74) is 4.72. The van der Waals surface area contributed by atoms with Gasteiger partial charge in [0, 0.05) is 30.5 Å². The topological polar surface area (TPSA) is 111 Å². The molecule has 0 atom stereocenters. The number of amides is 1. The molecule has 2 aromatic carbocycles. The number of methoxy groups -OCH3 is 1. The predicted octanol–water partition coefficient (Wildman–Crippen LogP) is 4.89. The first-order chi connectivity index (χ1) is 17.8. The van der Waals surface area contributed by atoms with Crippen LogP contribution in [0, 0.1) is 6.92 Å². The lowest BCUT2D eigenvalue weighted by molar-refractivity contribution is -0.137. The van der Waals surface area contributed by atoms with Crippen LogP contribution in [0.25, 0.3) is 0 Å². The SMILES string of the molecule is COc1c(C)c2c(c(OCCCCC(=O)NCc3ccccc3)c1CC=C(C)CCC(=O)O)C(=O)OC2. The third-order valence-electron chi connectivity index (χ3n) is 6.39. The molecule has 1 amide bonds. The van der Waals surface area contributed by atoms with Crippen molar-refractivity contribution in [2.75, 3.05) is 13.7 Å². The van der Waals surface area contributed by atoms with Crippen molar-refractivity contribution < 1.29 is 33.7 Å². The van der Waals surface area contributed by atoms with Crippen molar-refractivity contribution in [2.45, 2.75) is 65.5 Å². The van der Waals surface area contributed by atoms with Crippen LogP contribution in [0.5, 0.6) is 11.5 Å². The summed E-state index contributed by atoms with van der Waals surface area (Å²) < 4.78 is 17.2. The Balaban J connectivity index is 1.66. The normalized spacial score (nSPS) is 12.6. The first kappa shape index (κ1) is 27.8. The molecule has 0 bridgehead atoms. The number of cyclic esters (lactones) is 1. The first-order valence-electron chi connectivity index (χ1n) is 12.5. The van der Waals surface area contributed by atoms with Crippen molar-refractivity contribution >= 4 is 17.8 Å². The molecule has 0 saturated heterocycles. The highest BCUT2D eigenvalue weighted by Gasteiger charge is 2.33. The maximum Gasteiger partial charge on any atom is 0.342 e. The van der Waals surface area contributed by atoms with E-state index in [1.54, 1.807) is 7.11 Å². The van der Waals surface area contributed by atoms with Crippen LogP contribution in [-0.4, -0.2) is 36.7 Å². The van der Waals surface area contributed by atoms with Gasteiger partial charge in [0.2, 0.25) is 5.91 Å². The molecule has 198 valence electrons. The van der Waals surface area contributed by atoms with Crippen LogP contribution < -0.4 is 14.8 Å². The fourth-order valence-electron chi connectivity index (χ4n) is 4.30. The van der Waals surface area contributed by atoms with Crippen LogP contribution in [0.4, 0.5) is 0 Å². The monoisotopic (exact) mass is 509 g/mol. The Morgan fingerprint density at radius 1 is 1.11 bits per heavy atom. The number of aliphatic carboxylic acids is 1. The fourth-order valence-corrected chi connectivity index (χ4v) is 4.30. The minimum Gasteiger partial charge on any atom is -0.496 e. The lowest BCUT2D eigenvalue weighted by Crippen LogP contribution is -2.22. The summed E-state index contributed by atoms with van der Waals surface area (Å²) in [6, 6.07) is 9.74. The van der Waals surface area contributed by atoms with Gasteiger partial charge in [-0.05, 0) is 50.7 Å². The standard InChI is InChI=1S/C29H35NO7/c1-19(13-15-25(32)33)12-14-22-27(35-3)20(2)23-18-37-29(34)26(23)28(22)36-16-8-7-11-24(31)30-17-21-9-5-4-6-10-21/h4-6,9-10,12H,7-8,11,13-18H2,1-3H3,(H,30,31)(H,32,33). The number of carbonyl (C=O) groups is 3. The van der Waals surface area contributed by atoms with E-state index in [1.165, 1.54) is 0 Å². The molecule has 2 aromatic rings. The zero-order chi connectivity index (χ0) is 26.8. The number of ether oxygens (including phenoxy) is 3. The Morgan fingerprint density at radius 3 is 2.57 bits per heavy atom. The quantitative estimate of drug-likeness (QED) is 0.212. The molecule has 0 aromatic heterocycles. The second-order valence-electron chi connectivity index (χ2n) is 9.11. The highest BCUT2D eigenvalue weighted by molar-refractivity contribution is 5.98. The second kappa shape index (κ2) is 13.5. The molecule has 3 rings (SSSR count). The molecule has 0 unspecified atom stereocenters. The van der Waals surface area contributed by atoms with Gasteiger partial charge in [0.25, 0.3) is 0 Å². The molecule has 0 fully saturated rings. The van der Waals surface area contributed by atoms with Crippen LogP contribution in [0.15, 0.2) is 42.0 Å². The van der Waals surface area contributed by atoms with Crippen molar-refractivity contribution in [1.82, 2.24) is 5.32 Å². The molecular weight excluding hydrogens is 474 g/mol. The number of benzene rings is 2. The number of unbranched alkanes of at least 4 members (excludes halogenated alkanes) is 1. The Bertz CT molecular complexity index is 1150. The highest BCUT2D eigenvalue weighted by atomic mass is 16.5. The molecule has 8 heteroatoms. The average Bonchev–Trinajstić information content (AvgIpc) is 3.28. The Kier molecular flexibility index (Phi) is 10.1. The Hall–Kier alpha value is -3.81. The van der Waals surface area contributed by atoms with Crippen LogP contribution in [0.2, 0.25) is 0 Å². The van der Waals surface area contributed by atoms with E-state index >= 15 is 0 Å². The van der Waals surface area contributed by atoms with E-state index in [9.17, 15) is 14.4 Å². The molecule has 8 nitrogen and oxygen atoms in total. The van der Waals surface area contributed by atoms with Gasteiger partial charge in [-0.15, -0.1) is 0 Å². The van der Waals surface area contributed by atoms with Crippen LogP contribution in [0.1, 0.15) is 71.6 Å². The predicted molar refractivity (Wildman–Crippen MR) is 139 cm³/mol. The summed E-state index contributed by atoms with van der Waals surface area (Å²) in [5, 5.41) is 11.9. The van der Waals surface area contributed by atoms with Gasteiger partial charge in [0.1, 0.15) is 23.7 Å². The third-order valence-corrected chi connectivity index (χ3v) is 6.39. The van der Waals surface area contributed by atoms with Gasteiger partial charge in [0.05, 0.1) is 13.7 Å². The summed E-state index contributed by atoms with van der Waals surface area (Å²) in [7, 11) is 1.58. The van der Waals surface area contributed by atoms with E-state index in [0.29, 0.717) is 62.3 Å². The molecule has 0 aliphatic carbocycles. The number of hydrogen-bond donors (Lipinski definition) is 2. The van der Waals surface area contributed by atoms with Crippen molar-refractivity contribution in [3.63, 3.8) is 0 Å². The van der Waals surface area contributed by atoms with E-state index in [2.05, 4.69) is 5.32 Å². The van der Waals surface area contributed by atoms with Gasteiger partial charge in [-0.25, -0.2) is 4.79 Å². The molecule has 2 N–H and O–H groups in total. The molecule has 0 spiro atoms. The van der Waals surface area contributed by atoms with Gasteiger partial charge >= 0.3 is 11.9 Å². The number of allylic oxidation sites excluding steroid dienone is 2.